The van der Waals surface area contributed by atoms with Crippen LogP contribution in [-0.4, -0.2) is 65.7 Å². The summed E-state index contributed by atoms with van der Waals surface area (Å²) in [6.45, 7) is 5.54. The van der Waals surface area contributed by atoms with Gasteiger partial charge in [-0.2, -0.15) is 0 Å². The van der Waals surface area contributed by atoms with Crippen LogP contribution in [0.5, 0.6) is 5.75 Å². The molecular weight excluding hydrogens is 600 g/mol. The van der Waals surface area contributed by atoms with Crippen molar-refractivity contribution < 1.29 is 19.4 Å². The lowest BCUT2D eigenvalue weighted by Gasteiger charge is -2.38. The van der Waals surface area contributed by atoms with Crippen LogP contribution in [0.3, 0.4) is 0 Å². The lowest BCUT2D eigenvalue weighted by molar-refractivity contribution is 0.0341. The zero-order chi connectivity index (χ0) is 33.6. The molecule has 8 nitrogen and oxygen atoms in total. The number of likely N-dealkylation sites (N-methyl/N-ethyl adjacent to an activating group) is 1. The fourth-order valence-corrected chi connectivity index (χ4v) is 6.25. The molecule has 5 aromatic rings. The number of benzene rings is 5. The van der Waals surface area contributed by atoms with Gasteiger partial charge in [-0.3, -0.25) is 9.69 Å². The van der Waals surface area contributed by atoms with Gasteiger partial charge >= 0.3 is 6.03 Å². The monoisotopic (exact) mass is 642 g/mol. The van der Waals surface area contributed by atoms with Gasteiger partial charge in [-0.05, 0) is 60.3 Å². The molecule has 246 valence electrons. The summed E-state index contributed by atoms with van der Waals surface area (Å²) in [6.07, 6.45) is -0.229. The predicted molar refractivity (Wildman–Crippen MR) is 192 cm³/mol. The molecule has 3 atom stereocenters. The van der Waals surface area contributed by atoms with Crippen molar-refractivity contribution in [3.05, 3.63) is 126 Å². The van der Waals surface area contributed by atoms with E-state index in [0.717, 1.165) is 17.3 Å². The quantitative estimate of drug-likeness (QED) is 0.155. The Labute approximate surface area is 282 Å². The van der Waals surface area contributed by atoms with Crippen molar-refractivity contribution in [2.45, 2.75) is 32.5 Å². The van der Waals surface area contributed by atoms with Crippen molar-refractivity contribution in [1.82, 2.24) is 9.80 Å². The predicted octanol–water partition coefficient (Wildman–Crippen LogP) is 7.50. The van der Waals surface area contributed by atoms with Crippen LogP contribution >= 0.6 is 0 Å². The Morgan fingerprint density at radius 3 is 2.40 bits per heavy atom. The molecule has 1 heterocycles. The molecule has 5 aromatic carbocycles. The average molecular weight is 643 g/mol. The first-order valence-corrected chi connectivity index (χ1v) is 16.4. The molecular formula is C40H42N4O4. The van der Waals surface area contributed by atoms with Gasteiger partial charge in [0.2, 0.25) is 0 Å². The molecule has 48 heavy (non-hydrogen) atoms. The number of hydrogen-bond acceptors (Lipinski definition) is 5. The number of carbonyl (C=O) groups excluding carboxylic acids is 2. The van der Waals surface area contributed by atoms with E-state index in [-0.39, 0.29) is 24.5 Å². The number of aliphatic hydroxyl groups is 1. The van der Waals surface area contributed by atoms with Crippen LogP contribution in [0, 0.1) is 5.92 Å². The topological polar surface area (TPSA) is 94.1 Å². The Hall–Kier alpha value is -5.18. The van der Waals surface area contributed by atoms with Crippen molar-refractivity contribution in [3.8, 4) is 16.9 Å². The number of fused-ring (bicyclic) bond motifs is 2. The Kier molecular flexibility index (Phi) is 10.0. The number of rotatable bonds is 9. The zero-order valence-corrected chi connectivity index (χ0v) is 27.6. The van der Waals surface area contributed by atoms with E-state index in [9.17, 15) is 14.7 Å². The maximum atomic E-state index is 13.9. The van der Waals surface area contributed by atoms with Crippen LogP contribution < -0.4 is 15.4 Å². The first-order valence-electron chi connectivity index (χ1n) is 16.4. The molecule has 1 aliphatic rings. The highest BCUT2D eigenvalue weighted by Crippen LogP contribution is 2.31. The van der Waals surface area contributed by atoms with Crippen LogP contribution in [-0.2, 0) is 6.54 Å². The second kappa shape index (κ2) is 14.7. The maximum absolute atomic E-state index is 13.9. The molecule has 0 aromatic heterocycles. The highest BCUT2D eigenvalue weighted by Gasteiger charge is 2.33. The van der Waals surface area contributed by atoms with E-state index in [1.165, 1.54) is 16.7 Å². The van der Waals surface area contributed by atoms with Crippen molar-refractivity contribution in [2.24, 2.45) is 5.92 Å². The minimum atomic E-state index is -0.420. The SMILES string of the molecule is C[C@@H]1CN([C@H](C)CO)C(=O)c2cc(NC(=O)Nc3cccc4ccccc34)ccc2O[C@@H]1CN(C)Cc1ccc(-c2ccccc2)cc1. The molecule has 0 saturated heterocycles. The van der Waals surface area contributed by atoms with Crippen LogP contribution in [0.4, 0.5) is 16.2 Å². The number of aliphatic hydroxyl groups excluding tert-OH is 1. The lowest BCUT2D eigenvalue weighted by atomic mass is 9.99. The Morgan fingerprint density at radius 2 is 1.62 bits per heavy atom. The summed E-state index contributed by atoms with van der Waals surface area (Å²) in [5, 5.41) is 17.8. The molecule has 8 heteroatoms. The third kappa shape index (κ3) is 7.51. The van der Waals surface area contributed by atoms with Crippen molar-refractivity contribution in [1.29, 1.82) is 0 Å². The van der Waals surface area contributed by atoms with Gasteiger partial charge in [-0.25, -0.2) is 4.79 Å². The normalized spacial score (nSPS) is 16.9. The minimum Gasteiger partial charge on any atom is -0.488 e. The van der Waals surface area contributed by atoms with Gasteiger partial charge in [0.25, 0.3) is 5.91 Å². The highest BCUT2D eigenvalue weighted by atomic mass is 16.5. The molecule has 3 N–H and O–H groups in total. The van der Waals surface area contributed by atoms with Gasteiger partial charge in [0.1, 0.15) is 11.9 Å². The second-order valence-corrected chi connectivity index (χ2v) is 12.7. The van der Waals surface area contributed by atoms with Gasteiger partial charge in [0.05, 0.1) is 23.9 Å². The maximum Gasteiger partial charge on any atom is 0.323 e. The Bertz CT molecular complexity index is 1870. The van der Waals surface area contributed by atoms with Crippen LogP contribution in [0.1, 0.15) is 29.8 Å². The smallest absolute Gasteiger partial charge is 0.323 e. The number of amides is 3. The number of carbonyl (C=O) groups is 2. The van der Waals surface area contributed by atoms with Gasteiger partial charge < -0.3 is 25.4 Å². The van der Waals surface area contributed by atoms with Gasteiger partial charge in [0.15, 0.2) is 0 Å². The lowest BCUT2D eigenvalue weighted by Crippen LogP contribution is -2.49. The number of nitrogens with one attached hydrogen (secondary N) is 2. The van der Waals surface area contributed by atoms with Crippen molar-refractivity contribution in [2.75, 3.05) is 37.4 Å². The Morgan fingerprint density at radius 1 is 0.917 bits per heavy atom. The van der Waals surface area contributed by atoms with Crippen LogP contribution in [0.15, 0.2) is 115 Å². The van der Waals surface area contributed by atoms with E-state index in [0.29, 0.717) is 35.8 Å². The van der Waals surface area contributed by atoms with Gasteiger partial charge in [-0.15, -0.1) is 0 Å². The summed E-state index contributed by atoms with van der Waals surface area (Å²) in [5.41, 5.74) is 5.05. The van der Waals surface area contributed by atoms with E-state index in [2.05, 4.69) is 65.9 Å². The largest absolute Gasteiger partial charge is 0.488 e. The van der Waals surface area contributed by atoms with Gasteiger partial charge in [-0.1, -0.05) is 97.9 Å². The standard InChI is InChI=1S/C40H42N4O4/c1-27-23-44(28(2)26-45)39(46)35-22-33(41-40(47)42-36-15-9-13-32-12-7-8-14-34(32)36)20-21-37(35)48-38(27)25-43(3)24-29-16-18-31(19-17-29)30-10-5-4-6-11-30/h4-22,27-28,38,45H,23-26H2,1-3H3,(H2,41,42,47)/t27-,28-,38-/m1/s1. The van der Waals surface area contributed by atoms with Crippen LogP contribution in [0.2, 0.25) is 0 Å². The third-order valence-corrected chi connectivity index (χ3v) is 8.97. The molecule has 3 amide bonds. The van der Waals surface area contributed by atoms with E-state index in [1.54, 1.807) is 23.1 Å². The summed E-state index contributed by atoms with van der Waals surface area (Å²) < 4.78 is 6.59. The van der Waals surface area contributed by atoms with E-state index >= 15 is 0 Å². The molecule has 0 unspecified atom stereocenters. The first-order chi connectivity index (χ1) is 23.3. The molecule has 0 aliphatic carbocycles. The summed E-state index contributed by atoms with van der Waals surface area (Å²) >= 11 is 0. The highest BCUT2D eigenvalue weighted by molar-refractivity contribution is 6.07. The number of nitrogens with zero attached hydrogens (tertiary/aromatic N) is 2. The number of urea groups is 1. The fourth-order valence-electron chi connectivity index (χ4n) is 6.25. The molecule has 0 saturated carbocycles. The summed E-state index contributed by atoms with van der Waals surface area (Å²) in [4.78, 5) is 30.9. The summed E-state index contributed by atoms with van der Waals surface area (Å²) in [5.74, 6) is 0.192. The number of ether oxygens (including phenoxy) is 1. The fraction of sp³-hybridized carbons (Fsp3) is 0.250. The van der Waals surface area contributed by atoms with Crippen LogP contribution in [0.25, 0.3) is 21.9 Å². The molecule has 0 spiro atoms. The Balaban J connectivity index is 1.19. The number of anilines is 2. The first kappa shape index (κ1) is 32.7. The van der Waals surface area contributed by atoms with Crippen molar-refractivity contribution >= 4 is 34.1 Å². The zero-order valence-electron chi connectivity index (χ0n) is 27.6. The van der Waals surface area contributed by atoms with E-state index in [1.807, 2.05) is 67.6 Å². The average Bonchev–Trinajstić information content (AvgIpc) is 3.10. The van der Waals surface area contributed by atoms with Gasteiger partial charge in [0, 0.05) is 36.6 Å². The molecule has 0 radical (unpaired) electrons. The summed E-state index contributed by atoms with van der Waals surface area (Å²) in [7, 11) is 2.07. The van der Waals surface area contributed by atoms with Crippen molar-refractivity contribution in [3.63, 3.8) is 0 Å². The van der Waals surface area contributed by atoms with E-state index in [4.69, 9.17) is 4.74 Å². The molecule has 0 fully saturated rings. The second-order valence-electron chi connectivity index (χ2n) is 12.7. The van der Waals surface area contributed by atoms with E-state index < -0.39 is 12.1 Å². The molecule has 6 rings (SSSR count). The molecule has 0 bridgehead atoms. The third-order valence-electron chi connectivity index (χ3n) is 8.97. The number of hydrogen-bond donors (Lipinski definition) is 3. The molecule has 1 aliphatic heterocycles. The summed E-state index contributed by atoms with van der Waals surface area (Å²) in [6, 6.07) is 36.9. The minimum absolute atomic E-state index is 0.0109.